The van der Waals surface area contributed by atoms with Gasteiger partial charge in [0.1, 0.15) is 0 Å². The van der Waals surface area contributed by atoms with E-state index in [0.717, 1.165) is 22.2 Å². The number of fused-ring (bicyclic) bond motifs is 3. The van der Waals surface area contributed by atoms with E-state index < -0.39 is 8.07 Å². The molecule has 0 aliphatic heterocycles. The smallest absolute Gasteiger partial charge is 0.216 e. The van der Waals surface area contributed by atoms with E-state index in [4.69, 9.17) is 4.42 Å². The minimum atomic E-state index is -1.55. The topological polar surface area (TPSA) is 38.9 Å². The molecule has 0 unspecified atom stereocenters. The van der Waals surface area contributed by atoms with Crippen LogP contribution in [-0.2, 0) is 20.1 Å². The van der Waals surface area contributed by atoms with Gasteiger partial charge in [0.25, 0.3) is 0 Å². The molecule has 0 saturated heterocycles. The molecule has 25 heavy (non-hydrogen) atoms. The van der Waals surface area contributed by atoms with Crippen LogP contribution in [0.3, 0.4) is 0 Å². The zero-order chi connectivity index (χ0) is 16.9. The van der Waals surface area contributed by atoms with Gasteiger partial charge in [0.15, 0.2) is 0 Å². The molecule has 0 aliphatic rings. The predicted octanol–water partition coefficient (Wildman–Crippen LogP) is 4.69. The Morgan fingerprint density at radius 2 is 1.88 bits per heavy atom. The third-order valence-electron chi connectivity index (χ3n) is 4.30. The summed E-state index contributed by atoms with van der Waals surface area (Å²) in [6.45, 7) is 9.10. The summed E-state index contributed by atoms with van der Waals surface area (Å²) in [6.07, 6.45) is 3.60. The molecule has 0 N–H and O–H groups in total. The van der Waals surface area contributed by atoms with Crippen molar-refractivity contribution < 1.29 is 24.5 Å². The van der Waals surface area contributed by atoms with Crippen LogP contribution in [0.5, 0.6) is 0 Å². The third kappa shape index (κ3) is 3.08. The molecular weight excluding hydrogens is 505 g/mol. The first kappa shape index (κ1) is 18.0. The fourth-order valence-corrected chi connectivity index (χ4v) is 4.62. The average Bonchev–Trinajstić information content (AvgIpc) is 2.92. The second kappa shape index (κ2) is 6.49. The van der Waals surface area contributed by atoms with Crippen molar-refractivity contribution in [1.29, 1.82) is 0 Å². The van der Waals surface area contributed by atoms with Crippen LogP contribution in [0.25, 0.3) is 33.3 Å². The normalized spacial score (nSPS) is 11.7. The molecule has 3 nitrogen and oxygen atoms in total. The van der Waals surface area contributed by atoms with E-state index in [9.17, 15) is 0 Å². The summed E-state index contributed by atoms with van der Waals surface area (Å²) in [5.74, 6) is 0. The third-order valence-corrected chi connectivity index (χ3v) is 6.31. The minimum Gasteiger partial charge on any atom is -0.486 e. The minimum absolute atomic E-state index is 0. The van der Waals surface area contributed by atoms with Gasteiger partial charge < -0.3 is 9.40 Å². The fraction of sp³-hybridized carbons (Fsp3) is 0.200. The molecule has 0 bridgehead atoms. The van der Waals surface area contributed by atoms with E-state index in [1.807, 2.05) is 18.3 Å². The van der Waals surface area contributed by atoms with Crippen molar-refractivity contribution in [3.63, 3.8) is 0 Å². The van der Waals surface area contributed by atoms with Crippen LogP contribution in [0.15, 0.2) is 47.1 Å². The van der Waals surface area contributed by atoms with Gasteiger partial charge in [-0.2, -0.15) is 0 Å². The predicted molar refractivity (Wildman–Crippen MR) is 101 cm³/mol. The van der Waals surface area contributed by atoms with Crippen molar-refractivity contribution in [3.05, 3.63) is 54.4 Å². The molecule has 0 atom stereocenters. The average molecular weight is 524 g/mol. The van der Waals surface area contributed by atoms with E-state index in [-0.39, 0.29) is 20.1 Å². The van der Waals surface area contributed by atoms with Crippen molar-refractivity contribution >= 4 is 35.3 Å². The van der Waals surface area contributed by atoms with Gasteiger partial charge in [-0.05, 0) is 30.8 Å². The monoisotopic (exact) mass is 524 g/mol. The Morgan fingerprint density at radius 3 is 2.60 bits per heavy atom. The van der Waals surface area contributed by atoms with Crippen LogP contribution < -0.4 is 5.19 Å². The van der Waals surface area contributed by atoms with Crippen LogP contribution >= 0.6 is 0 Å². The molecule has 0 amide bonds. The number of hydrogen-bond acceptors (Lipinski definition) is 3. The largest absolute Gasteiger partial charge is 0.486 e. The number of benzene rings is 1. The summed E-state index contributed by atoms with van der Waals surface area (Å²) in [5, 5.41) is 3.60. The number of aromatic nitrogens is 2. The molecule has 129 valence electrons. The first-order valence-corrected chi connectivity index (χ1v) is 11.6. The van der Waals surface area contributed by atoms with E-state index in [1.54, 1.807) is 6.20 Å². The zero-order valence-electron chi connectivity index (χ0n) is 14.7. The quantitative estimate of drug-likeness (QED) is 0.283. The number of nitrogens with zero attached hydrogens (tertiary/aromatic N) is 2. The van der Waals surface area contributed by atoms with Gasteiger partial charge in [-0.25, -0.2) is 4.98 Å². The van der Waals surface area contributed by atoms with Crippen LogP contribution in [0, 0.1) is 13.0 Å². The van der Waals surface area contributed by atoms with Gasteiger partial charge >= 0.3 is 0 Å². The Bertz CT molecular complexity index is 1070. The van der Waals surface area contributed by atoms with Crippen LogP contribution in [0.4, 0.5) is 0 Å². The van der Waals surface area contributed by atoms with Gasteiger partial charge in [0.05, 0.1) is 5.58 Å². The van der Waals surface area contributed by atoms with Crippen molar-refractivity contribution in [3.8, 4) is 11.3 Å². The Hall–Kier alpha value is -1.81. The summed E-state index contributed by atoms with van der Waals surface area (Å²) in [4.78, 5) is 8.93. The molecule has 3 heterocycles. The molecule has 4 rings (SSSR count). The summed E-state index contributed by atoms with van der Waals surface area (Å²) in [7, 11) is -1.55. The van der Waals surface area contributed by atoms with Gasteiger partial charge in [-0.15, -0.1) is 17.3 Å². The fourth-order valence-electron chi connectivity index (χ4n) is 3.11. The first-order chi connectivity index (χ1) is 11.4. The van der Waals surface area contributed by atoms with Gasteiger partial charge in [-0.3, -0.25) is 0 Å². The number of furan rings is 1. The molecule has 0 aliphatic carbocycles. The first-order valence-electron chi connectivity index (χ1n) is 8.10. The maximum Gasteiger partial charge on any atom is 0.216 e. The molecule has 0 saturated carbocycles. The van der Waals surface area contributed by atoms with E-state index in [1.165, 1.54) is 16.1 Å². The molecule has 3 aromatic heterocycles. The standard InChI is InChI=1S/C20H19N2OSi.Ir/c1-13-9-11-21-16(12-13)14-7-8-17(24(2,3)4)18-15-6-5-10-22-20(15)23-19(14)18;/h5-6,8-12H,1-4H3;/q-1;. The molecule has 1 radical (unpaired) electrons. The summed E-state index contributed by atoms with van der Waals surface area (Å²) < 4.78 is 6.15. The molecule has 0 spiro atoms. The van der Waals surface area contributed by atoms with Crippen molar-refractivity contribution in [1.82, 2.24) is 9.97 Å². The Labute approximate surface area is 161 Å². The zero-order valence-corrected chi connectivity index (χ0v) is 18.1. The summed E-state index contributed by atoms with van der Waals surface area (Å²) in [5.41, 5.74) is 4.50. The number of rotatable bonds is 2. The van der Waals surface area contributed by atoms with Crippen molar-refractivity contribution in [2.75, 3.05) is 0 Å². The SMILES string of the molecule is Cc1ccnc(-c2[c-]cc([Si](C)(C)C)c3c2oc2ncccc23)c1.[Ir]. The number of hydrogen-bond donors (Lipinski definition) is 0. The second-order valence-corrected chi connectivity index (χ2v) is 12.2. The Balaban J connectivity index is 0.00000182. The Morgan fingerprint density at radius 1 is 1.08 bits per heavy atom. The van der Waals surface area contributed by atoms with Crippen molar-refractivity contribution in [2.24, 2.45) is 0 Å². The molecule has 5 heteroatoms. The van der Waals surface area contributed by atoms with E-state index in [0.29, 0.717) is 5.71 Å². The Kier molecular flexibility index (Phi) is 4.67. The van der Waals surface area contributed by atoms with Crippen LogP contribution in [0.2, 0.25) is 19.6 Å². The summed E-state index contributed by atoms with van der Waals surface area (Å²) >= 11 is 0. The molecular formula is C20H19IrN2OSi-. The maximum absolute atomic E-state index is 6.15. The van der Waals surface area contributed by atoms with E-state index >= 15 is 0 Å². The molecule has 4 aromatic rings. The van der Waals surface area contributed by atoms with Gasteiger partial charge in [0.2, 0.25) is 5.71 Å². The van der Waals surface area contributed by atoms with E-state index in [2.05, 4.69) is 60.8 Å². The molecule has 0 fully saturated rings. The van der Waals surface area contributed by atoms with Crippen molar-refractivity contribution in [2.45, 2.75) is 26.6 Å². The molecule has 1 aromatic carbocycles. The maximum atomic E-state index is 6.15. The van der Waals surface area contributed by atoms with Gasteiger partial charge in [-0.1, -0.05) is 42.2 Å². The second-order valence-electron chi connectivity index (χ2n) is 7.21. The van der Waals surface area contributed by atoms with Crippen LogP contribution in [0.1, 0.15) is 5.56 Å². The number of pyridine rings is 2. The van der Waals surface area contributed by atoms with Gasteiger partial charge in [0, 0.05) is 46.0 Å². The van der Waals surface area contributed by atoms with Crippen LogP contribution in [-0.4, -0.2) is 18.0 Å². The summed E-state index contributed by atoms with van der Waals surface area (Å²) in [6, 6.07) is 13.7. The number of aryl methyl sites for hydroxylation is 1.